The van der Waals surface area contributed by atoms with Crippen molar-refractivity contribution in [2.45, 2.75) is 31.7 Å². The summed E-state index contributed by atoms with van der Waals surface area (Å²) in [6.45, 7) is 5.63. The zero-order valence-corrected chi connectivity index (χ0v) is 15.7. The third-order valence-electron chi connectivity index (χ3n) is 2.86. The molecule has 0 aliphatic rings. The van der Waals surface area contributed by atoms with E-state index < -0.39 is 11.3 Å². The van der Waals surface area contributed by atoms with Crippen LogP contribution in [-0.2, 0) is 4.79 Å². The van der Waals surface area contributed by atoms with Crippen LogP contribution < -0.4 is 10.1 Å². The number of fused-ring (bicyclic) bond motifs is 1. The molecule has 1 heterocycles. The van der Waals surface area contributed by atoms with Gasteiger partial charge < -0.3 is 10.1 Å². The van der Waals surface area contributed by atoms with Crippen LogP contribution in [0.1, 0.15) is 20.8 Å². The van der Waals surface area contributed by atoms with Crippen LogP contribution >= 0.6 is 27.7 Å². The average Bonchev–Trinajstić information content (AvgIpc) is 2.43. The predicted octanol–water partition coefficient (Wildman–Crippen LogP) is 4.12. The monoisotopic (exact) mass is 400 g/mol. The Balaban J connectivity index is 2.28. The second kappa shape index (κ2) is 7.05. The van der Waals surface area contributed by atoms with Crippen LogP contribution in [0.5, 0.6) is 5.75 Å². The van der Waals surface area contributed by atoms with Gasteiger partial charge in [0.2, 0.25) is 5.44 Å². The zero-order chi connectivity index (χ0) is 17.2. The maximum Gasteiger partial charge on any atom is 0.272 e. The number of hydrogen-bond donors (Lipinski definition) is 1. The highest BCUT2D eigenvalue weighted by Gasteiger charge is 2.25. The third kappa shape index (κ3) is 4.81. The molecule has 0 radical (unpaired) electrons. The number of rotatable bonds is 4. The number of ether oxygens (including phenoxy) is 1. The van der Waals surface area contributed by atoms with E-state index in [1.165, 1.54) is 17.8 Å². The van der Waals surface area contributed by atoms with Crippen molar-refractivity contribution in [3.05, 3.63) is 34.7 Å². The number of nitrogens with one attached hydrogen (secondary N) is 1. The Morgan fingerprint density at radius 3 is 2.70 bits per heavy atom. The largest absolute Gasteiger partial charge is 0.467 e. The molecule has 1 atom stereocenters. The number of carbonyl (C=O) groups excluding carboxylic acids is 1. The van der Waals surface area contributed by atoms with Crippen LogP contribution in [0.15, 0.2) is 28.9 Å². The molecule has 0 aliphatic heterocycles. The van der Waals surface area contributed by atoms with Gasteiger partial charge in [0.25, 0.3) is 5.91 Å². The molecule has 0 aliphatic carbocycles. The molecular weight excluding hydrogens is 383 g/mol. The van der Waals surface area contributed by atoms with Gasteiger partial charge in [0.15, 0.2) is 11.6 Å². The van der Waals surface area contributed by atoms with Crippen LogP contribution in [0.2, 0.25) is 0 Å². The second-order valence-corrected chi connectivity index (χ2v) is 7.87. The summed E-state index contributed by atoms with van der Waals surface area (Å²) in [7, 11) is 0. The minimum atomic E-state index is -0.832. The first-order chi connectivity index (χ1) is 10.7. The van der Waals surface area contributed by atoms with Crippen molar-refractivity contribution >= 4 is 44.5 Å². The standard InChI is InChI=1S/C16H18BrFN2O2S/c1-16(2,3)20-14(21)15(23-4)22-13-6-9-5-10(17)8-19-12(9)7-11(13)18/h5-8,15H,1-4H3,(H,20,21). The van der Waals surface area contributed by atoms with Gasteiger partial charge in [-0.15, -0.1) is 11.8 Å². The van der Waals surface area contributed by atoms with E-state index in [4.69, 9.17) is 4.74 Å². The Morgan fingerprint density at radius 2 is 2.09 bits per heavy atom. The number of carbonyl (C=O) groups is 1. The van der Waals surface area contributed by atoms with Gasteiger partial charge in [-0.1, -0.05) is 0 Å². The maximum atomic E-state index is 14.2. The smallest absolute Gasteiger partial charge is 0.272 e. The topological polar surface area (TPSA) is 51.2 Å². The second-order valence-electron chi connectivity index (χ2n) is 6.05. The predicted molar refractivity (Wildman–Crippen MR) is 95.2 cm³/mol. The Bertz CT molecular complexity index is 734. The molecule has 0 fully saturated rings. The summed E-state index contributed by atoms with van der Waals surface area (Å²) in [5, 5.41) is 3.56. The van der Waals surface area contributed by atoms with Crippen molar-refractivity contribution in [1.82, 2.24) is 10.3 Å². The molecule has 0 spiro atoms. The van der Waals surface area contributed by atoms with Crippen LogP contribution in [0, 0.1) is 5.82 Å². The van der Waals surface area contributed by atoms with Crippen molar-refractivity contribution in [3.8, 4) is 5.75 Å². The van der Waals surface area contributed by atoms with E-state index >= 15 is 0 Å². The molecule has 0 saturated heterocycles. The molecule has 1 amide bonds. The SMILES string of the molecule is CSC(Oc1cc2cc(Br)cnc2cc1F)C(=O)NC(C)(C)C. The molecular formula is C16H18BrFN2O2S. The van der Waals surface area contributed by atoms with Gasteiger partial charge >= 0.3 is 0 Å². The summed E-state index contributed by atoms with van der Waals surface area (Å²) in [5.41, 5.74) is -0.690. The van der Waals surface area contributed by atoms with E-state index in [1.807, 2.05) is 26.8 Å². The molecule has 7 heteroatoms. The van der Waals surface area contributed by atoms with Crippen LogP contribution in [0.25, 0.3) is 10.9 Å². The van der Waals surface area contributed by atoms with Gasteiger partial charge in [0.1, 0.15) is 0 Å². The summed E-state index contributed by atoms with van der Waals surface area (Å²) < 4.78 is 20.6. The molecule has 1 unspecified atom stereocenters. The molecule has 2 rings (SSSR count). The number of nitrogens with zero attached hydrogens (tertiary/aromatic N) is 1. The number of amides is 1. The van der Waals surface area contributed by atoms with E-state index in [0.29, 0.717) is 5.52 Å². The molecule has 0 saturated carbocycles. The number of pyridine rings is 1. The van der Waals surface area contributed by atoms with E-state index in [0.717, 1.165) is 9.86 Å². The van der Waals surface area contributed by atoms with E-state index in [2.05, 4.69) is 26.2 Å². The lowest BCUT2D eigenvalue weighted by Crippen LogP contribution is -2.46. The molecule has 1 aromatic carbocycles. The fourth-order valence-corrected chi connectivity index (χ4v) is 2.77. The first kappa shape index (κ1) is 18.0. The average molecular weight is 401 g/mol. The Morgan fingerprint density at radius 1 is 1.39 bits per heavy atom. The van der Waals surface area contributed by atoms with E-state index in [1.54, 1.807) is 18.5 Å². The fourth-order valence-electron chi connectivity index (χ4n) is 1.95. The lowest BCUT2D eigenvalue weighted by atomic mass is 10.1. The van der Waals surface area contributed by atoms with Gasteiger partial charge in [-0.2, -0.15) is 0 Å². The summed E-state index contributed by atoms with van der Waals surface area (Å²) >= 11 is 4.54. The number of hydrogen-bond acceptors (Lipinski definition) is 4. The number of halogens is 2. The number of aromatic nitrogens is 1. The van der Waals surface area contributed by atoms with E-state index in [-0.39, 0.29) is 17.2 Å². The minimum Gasteiger partial charge on any atom is -0.467 e. The van der Waals surface area contributed by atoms with Gasteiger partial charge in [0.05, 0.1) is 5.52 Å². The Hall–Kier alpha value is -1.34. The molecule has 4 nitrogen and oxygen atoms in total. The van der Waals surface area contributed by atoms with Crippen LogP contribution in [-0.4, -0.2) is 28.1 Å². The normalized spacial score (nSPS) is 13.0. The Labute approximate surface area is 147 Å². The molecule has 124 valence electrons. The van der Waals surface area contributed by atoms with Crippen molar-refractivity contribution in [2.75, 3.05) is 6.26 Å². The molecule has 23 heavy (non-hydrogen) atoms. The van der Waals surface area contributed by atoms with Crippen LogP contribution in [0.3, 0.4) is 0 Å². The fraction of sp³-hybridized carbons (Fsp3) is 0.375. The first-order valence-electron chi connectivity index (χ1n) is 6.96. The highest BCUT2D eigenvalue weighted by molar-refractivity contribution is 9.10. The summed E-state index contributed by atoms with van der Waals surface area (Å²) in [4.78, 5) is 16.4. The lowest BCUT2D eigenvalue weighted by Gasteiger charge is -2.24. The molecule has 2 aromatic rings. The summed E-state index contributed by atoms with van der Waals surface area (Å²) in [6.07, 6.45) is 3.34. The van der Waals surface area contributed by atoms with Crippen molar-refractivity contribution in [2.24, 2.45) is 0 Å². The van der Waals surface area contributed by atoms with Crippen molar-refractivity contribution in [3.63, 3.8) is 0 Å². The van der Waals surface area contributed by atoms with Gasteiger partial charge in [-0.25, -0.2) is 4.39 Å². The molecule has 0 bridgehead atoms. The van der Waals surface area contributed by atoms with E-state index in [9.17, 15) is 9.18 Å². The molecule has 1 aromatic heterocycles. The number of thioether (sulfide) groups is 1. The maximum absolute atomic E-state index is 14.2. The van der Waals surface area contributed by atoms with Crippen LogP contribution in [0.4, 0.5) is 4.39 Å². The highest BCUT2D eigenvalue weighted by atomic mass is 79.9. The lowest BCUT2D eigenvalue weighted by molar-refractivity contribution is -0.125. The zero-order valence-electron chi connectivity index (χ0n) is 13.3. The van der Waals surface area contributed by atoms with Gasteiger partial charge in [-0.3, -0.25) is 9.78 Å². The highest BCUT2D eigenvalue weighted by Crippen LogP contribution is 2.28. The quantitative estimate of drug-likeness (QED) is 0.784. The summed E-state index contributed by atoms with van der Waals surface area (Å²) in [6, 6.07) is 4.67. The summed E-state index contributed by atoms with van der Waals surface area (Å²) in [5.74, 6) is -0.812. The van der Waals surface area contributed by atoms with Gasteiger partial charge in [0, 0.05) is 27.7 Å². The Kier molecular flexibility index (Phi) is 5.52. The van der Waals surface area contributed by atoms with Gasteiger partial charge in [-0.05, 0) is 55.1 Å². The minimum absolute atomic E-state index is 0.0285. The number of benzene rings is 1. The first-order valence-corrected chi connectivity index (χ1v) is 9.04. The molecule has 1 N–H and O–H groups in total. The third-order valence-corrected chi connectivity index (χ3v) is 4.03. The van der Waals surface area contributed by atoms with Crippen molar-refractivity contribution < 1.29 is 13.9 Å². The van der Waals surface area contributed by atoms with Crippen molar-refractivity contribution in [1.29, 1.82) is 0 Å².